The van der Waals surface area contributed by atoms with E-state index in [1.807, 2.05) is 18.2 Å². The predicted molar refractivity (Wildman–Crippen MR) is 227 cm³/mol. The molecule has 7 atom stereocenters. The fraction of sp³-hybridized carbons (Fsp3) is 0.706. The van der Waals surface area contributed by atoms with E-state index in [-0.39, 0.29) is 29.2 Å². The number of ether oxygens (including phenoxy) is 3. The molecule has 9 heteroatoms. The van der Waals surface area contributed by atoms with Crippen molar-refractivity contribution in [2.45, 2.75) is 182 Å². The number of aliphatic hydroxyl groups is 1. The third-order valence-corrected chi connectivity index (χ3v) is 17.7. The minimum Gasteiger partial charge on any atom is -0.477 e. The average molecular weight is 819 g/mol. The van der Waals surface area contributed by atoms with Crippen molar-refractivity contribution in [2.24, 2.45) is 17.8 Å². The van der Waals surface area contributed by atoms with Crippen LogP contribution in [0, 0.1) is 17.8 Å². The molecule has 4 bridgehead atoms. The van der Waals surface area contributed by atoms with Gasteiger partial charge in [0.15, 0.2) is 23.4 Å². The first-order valence-corrected chi connectivity index (χ1v) is 24.4. The molecule has 9 aliphatic rings. The van der Waals surface area contributed by atoms with E-state index >= 15 is 0 Å². The average Bonchev–Trinajstić information content (AvgIpc) is 3.97. The number of rotatable bonds is 15. The number of nitrogens with zero attached hydrogens (tertiary/aromatic N) is 2. The number of hydrogen-bond donors (Lipinski definition) is 1. The van der Waals surface area contributed by atoms with Gasteiger partial charge >= 0.3 is 11.9 Å². The Balaban J connectivity index is 0.637. The Morgan fingerprint density at radius 2 is 1.48 bits per heavy atom. The quantitative estimate of drug-likeness (QED) is 0.108. The maximum atomic E-state index is 13.4. The van der Waals surface area contributed by atoms with Gasteiger partial charge in [-0.25, -0.2) is 0 Å². The number of Topliss-reactive ketones (excluding diaryl/α,β-unsaturated/α-hetero) is 1. The standard InChI is InChI=1S/C51H66N2O7/c54-41-21-23-51(57)43-29-36-18-20-42(47-46(36)50(51,48(41)60-47)25-27-53(43)32-34-15-16-34)59-45(56)14-6-4-2-1-3-5-13-44(55)58-37-19-17-35-28-40-38-12-7-8-22-49(38,39(35)30-37)24-26-52(40)31-33-10-9-11-33/h17-20,30,33-34,38,40,43,48,57H,1-16,21-29,31-32H2/t38-,40+,43+,48-,49+,50-,51+/m0/s1. The van der Waals surface area contributed by atoms with Gasteiger partial charge in [-0.05, 0) is 149 Å². The number of piperidine rings is 2. The van der Waals surface area contributed by atoms with Crippen LogP contribution in [-0.2, 0) is 38.1 Å². The normalized spacial score (nSPS) is 33.9. The van der Waals surface area contributed by atoms with Gasteiger partial charge in [-0.15, -0.1) is 0 Å². The molecule has 6 aliphatic carbocycles. The Bertz CT molecular complexity index is 2030. The van der Waals surface area contributed by atoms with E-state index < -0.39 is 17.1 Å². The lowest BCUT2D eigenvalue weighted by molar-refractivity contribution is -0.188. The van der Waals surface area contributed by atoms with Crippen molar-refractivity contribution in [3.8, 4) is 17.2 Å². The third kappa shape index (κ3) is 6.52. The minimum absolute atomic E-state index is 0.0246. The van der Waals surface area contributed by atoms with Crippen molar-refractivity contribution < 1.29 is 33.7 Å². The Hall–Kier alpha value is -3.27. The van der Waals surface area contributed by atoms with Crippen molar-refractivity contribution in [3.63, 3.8) is 0 Å². The SMILES string of the molecule is O=C(CCCCCCCCC(=O)Oc1ccc2c3c1O[C@H]1C(=O)CC[C@@]4(O)[C@@H](C2)N(CC2CC2)CC[C@]314)Oc1ccc2c(c1)[C@@]13CCCC[C@H]1[C@@H](C2)N(CC1CCC1)CC3. The summed E-state index contributed by atoms with van der Waals surface area (Å²) >= 11 is 0. The number of carbonyl (C=O) groups is 3. The zero-order valence-electron chi connectivity index (χ0n) is 35.7. The van der Waals surface area contributed by atoms with Crippen LogP contribution in [0.15, 0.2) is 30.3 Å². The molecule has 322 valence electrons. The highest BCUT2D eigenvalue weighted by Gasteiger charge is 2.73. The maximum absolute atomic E-state index is 13.4. The molecular formula is C51H66N2O7. The molecule has 11 rings (SSSR count). The third-order valence-electron chi connectivity index (χ3n) is 17.7. The van der Waals surface area contributed by atoms with E-state index in [1.165, 1.54) is 88.4 Å². The Labute approximate surface area is 356 Å². The van der Waals surface area contributed by atoms with Crippen molar-refractivity contribution >= 4 is 17.7 Å². The molecule has 0 amide bonds. The zero-order chi connectivity index (χ0) is 40.6. The number of fused-ring (bicyclic) bond motifs is 1. The second-order valence-electron chi connectivity index (χ2n) is 20.9. The van der Waals surface area contributed by atoms with Crippen molar-refractivity contribution in [1.82, 2.24) is 9.80 Å². The van der Waals surface area contributed by atoms with Gasteiger partial charge in [-0.3, -0.25) is 24.2 Å². The number of unbranched alkanes of at least 4 members (excludes halogenated alkanes) is 5. The molecule has 4 saturated carbocycles. The lowest BCUT2D eigenvalue weighted by atomic mass is 9.49. The minimum atomic E-state index is -1.03. The fourth-order valence-corrected chi connectivity index (χ4v) is 14.3. The van der Waals surface area contributed by atoms with Crippen LogP contribution in [0.2, 0.25) is 0 Å². The zero-order valence-corrected chi connectivity index (χ0v) is 35.7. The molecule has 0 aromatic heterocycles. The van der Waals surface area contributed by atoms with Gasteiger partial charge < -0.3 is 19.3 Å². The van der Waals surface area contributed by atoms with E-state index in [9.17, 15) is 19.5 Å². The molecule has 2 saturated heterocycles. The lowest BCUT2D eigenvalue weighted by Gasteiger charge is -2.62. The molecule has 3 aliphatic heterocycles. The van der Waals surface area contributed by atoms with Crippen LogP contribution in [0.1, 0.15) is 157 Å². The van der Waals surface area contributed by atoms with E-state index in [4.69, 9.17) is 14.2 Å². The number of esters is 2. The molecule has 6 fully saturated rings. The smallest absolute Gasteiger partial charge is 0.311 e. The predicted octanol–water partition coefficient (Wildman–Crippen LogP) is 8.31. The second kappa shape index (κ2) is 15.5. The summed E-state index contributed by atoms with van der Waals surface area (Å²) in [5.74, 6) is 3.59. The summed E-state index contributed by atoms with van der Waals surface area (Å²) in [6.45, 7) is 4.38. The summed E-state index contributed by atoms with van der Waals surface area (Å²) in [4.78, 5) is 44.9. The molecule has 1 spiro atoms. The maximum Gasteiger partial charge on any atom is 0.311 e. The number of carbonyl (C=O) groups excluding carboxylic acids is 3. The van der Waals surface area contributed by atoms with Crippen LogP contribution in [0.5, 0.6) is 17.2 Å². The summed E-state index contributed by atoms with van der Waals surface area (Å²) in [5, 5.41) is 12.5. The van der Waals surface area contributed by atoms with Gasteiger partial charge in [0.05, 0.1) is 11.0 Å². The van der Waals surface area contributed by atoms with Gasteiger partial charge in [0.25, 0.3) is 0 Å². The number of ketones is 1. The van der Waals surface area contributed by atoms with Gasteiger partial charge in [-0.2, -0.15) is 0 Å². The van der Waals surface area contributed by atoms with Crippen molar-refractivity contribution in [1.29, 1.82) is 0 Å². The molecule has 2 aromatic carbocycles. The van der Waals surface area contributed by atoms with Gasteiger partial charge in [0.1, 0.15) is 5.75 Å². The summed E-state index contributed by atoms with van der Waals surface area (Å²) < 4.78 is 18.4. The molecule has 3 heterocycles. The van der Waals surface area contributed by atoms with E-state index in [0.717, 1.165) is 99.1 Å². The molecular weight excluding hydrogens is 753 g/mol. The first-order chi connectivity index (χ1) is 29.3. The molecule has 2 aromatic rings. The van der Waals surface area contributed by atoms with Crippen LogP contribution in [-0.4, -0.2) is 82.6 Å². The second-order valence-corrected chi connectivity index (χ2v) is 20.9. The largest absolute Gasteiger partial charge is 0.477 e. The number of hydrogen-bond acceptors (Lipinski definition) is 9. The van der Waals surface area contributed by atoms with Crippen molar-refractivity contribution in [2.75, 3.05) is 26.2 Å². The lowest BCUT2D eigenvalue weighted by Crippen LogP contribution is -2.76. The molecule has 1 N–H and O–H groups in total. The monoisotopic (exact) mass is 818 g/mol. The number of likely N-dealkylation sites (tertiary alicyclic amines) is 2. The van der Waals surface area contributed by atoms with Crippen LogP contribution < -0.4 is 14.2 Å². The van der Waals surface area contributed by atoms with Crippen LogP contribution in [0.3, 0.4) is 0 Å². The summed E-state index contributed by atoms with van der Waals surface area (Å²) in [5.41, 5.74) is 3.47. The van der Waals surface area contributed by atoms with E-state index in [1.54, 1.807) is 0 Å². The topological polar surface area (TPSA) is 106 Å². The Morgan fingerprint density at radius 1 is 0.750 bits per heavy atom. The Kier molecular flexibility index (Phi) is 10.2. The first kappa shape index (κ1) is 39.6. The fourth-order valence-electron chi connectivity index (χ4n) is 14.3. The Morgan fingerprint density at radius 3 is 2.27 bits per heavy atom. The highest BCUT2D eigenvalue weighted by Crippen LogP contribution is 2.65. The van der Waals surface area contributed by atoms with Crippen LogP contribution in [0.25, 0.3) is 0 Å². The molecule has 9 nitrogen and oxygen atoms in total. The van der Waals surface area contributed by atoms with E-state index in [2.05, 4.69) is 21.9 Å². The van der Waals surface area contributed by atoms with E-state index in [0.29, 0.717) is 49.6 Å². The van der Waals surface area contributed by atoms with Crippen LogP contribution in [0.4, 0.5) is 0 Å². The summed E-state index contributed by atoms with van der Waals surface area (Å²) in [6, 6.07) is 11.1. The highest BCUT2D eigenvalue weighted by molar-refractivity contribution is 5.90. The highest BCUT2D eigenvalue weighted by atomic mass is 16.6. The van der Waals surface area contributed by atoms with Crippen LogP contribution >= 0.6 is 0 Å². The van der Waals surface area contributed by atoms with Gasteiger partial charge in [0, 0.05) is 55.4 Å². The first-order valence-electron chi connectivity index (χ1n) is 24.4. The summed E-state index contributed by atoms with van der Waals surface area (Å²) in [7, 11) is 0. The number of benzene rings is 2. The molecule has 60 heavy (non-hydrogen) atoms. The van der Waals surface area contributed by atoms with Gasteiger partial charge in [0.2, 0.25) is 0 Å². The molecule has 0 unspecified atom stereocenters. The summed E-state index contributed by atoms with van der Waals surface area (Å²) in [6.07, 6.45) is 22.0. The molecule has 0 radical (unpaired) electrons. The van der Waals surface area contributed by atoms with Gasteiger partial charge in [-0.1, -0.05) is 57.1 Å². The van der Waals surface area contributed by atoms with Crippen molar-refractivity contribution in [3.05, 3.63) is 52.6 Å².